The molecule has 2 rings (SSSR count). The van der Waals surface area contributed by atoms with Crippen LogP contribution in [-0.4, -0.2) is 21.9 Å². The first kappa shape index (κ1) is 14.8. The van der Waals surface area contributed by atoms with Gasteiger partial charge in [0.05, 0.1) is 11.7 Å². The van der Waals surface area contributed by atoms with Crippen LogP contribution in [0.4, 0.5) is 0 Å². The fourth-order valence-electron chi connectivity index (χ4n) is 3.41. The fraction of sp³-hybridized carbons (Fsp3) is 0.765. The van der Waals surface area contributed by atoms with Crippen molar-refractivity contribution in [3.63, 3.8) is 0 Å². The average Bonchev–Trinajstić information content (AvgIpc) is 2.38. The smallest absolute Gasteiger partial charge is 0.0961 e. The summed E-state index contributed by atoms with van der Waals surface area (Å²) in [7, 11) is 0. The quantitative estimate of drug-likeness (QED) is 0.654. The summed E-state index contributed by atoms with van der Waals surface area (Å²) in [6, 6.07) is 0. The lowest BCUT2D eigenvalue weighted by Gasteiger charge is -2.56. The molecule has 1 saturated carbocycles. The Labute approximate surface area is 117 Å². The van der Waals surface area contributed by atoms with Gasteiger partial charge in [0.25, 0.3) is 0 Å². The minimum absolute atomic E-state index is 0.148. The predicted octanol–water partition coefficient (Wildman–Crippen LogP) is 3.74. The molecule has 0 radical (unpaired) electrons. The molecule has 0 bridgehead atoms. The molecule has 0 aromatic rings. The summed E-state index contributed by atoms with van der Waals surface area (Å²) in [5.74, 6) is 0. The van der Waals surface area contributed by atoms with Crippen molar-refractivity contribution in [1.82, 2.24) is 0 Å². The van der Waals surface area contributed by atoms with E-state index >= 15 is 0 Å². The van der Waals surface area contributed by atoms with Crippen LogP contribution in [0.15, 0.2) is 23.3 Å². The van der Waals surface area contributed by atoms with E-state index in [2.05, 4.69) is 32.9 Å². The Morgan fingerprint density at radius 2 is 1.79 bits per heavy atom. The zero-order valence-corrected chi connectivity index (χ0v) is 12.6. The zero-order valence-electron chi connectivity index (χ0n) is 12.6. The molecule has 0 spiro atoms. The Kier molecular flexibility index (Phi) is 4.22. The van der Waals surface area contributed by atoms with E-state index < -0.39 is 11.7 Å². The van der Waals surface area contributed by atoms with E-state index in [1.54, 1.807) is 0 Å². The summed E-state index contributed by atoms with van der Waals surface area (Å²) in [4.78, 5) is 0. The number of hydrogen-bond acceptors (Lipinski definition) is 2. The second-order valence-corrected chi connectivity index (χ2v) is 6.88. The van der Waals surface area contributed by atoms with Crippen molar-refractivity contribution in [1.29, 1.82) is 0 Å². The largest absolute Gasteiger partial charge is 0.390 e. The van der Waals surface area contributed by atoms with Crippen molar-refractivity contribution in [2.24, 2.45) is 5.41 Å². The third kappa shape index (κ3) is 2.80. The van der Waals surface area contributed by atoms with Gasteiger partial charge in [-0.1, -0.05) is 30.2 Å². The number of fused-ring (bicyclic) bond motifs is 1. The van der Waals surface area contributed by atoms with Gasteiger partial charge in [0.2, 0.25) is 0 Å². The Morgan fingerprint density at radius 3 is 2.42 bits per heavy atom. The first-order valence-electron chi connectivity index (χ1n) is 7.59. The highest BCUT2D eigenvalue weighted by molar-refractivity contribution is 5.15. The van der Waals surface area contributed by atoms with Gasteiger partial charge in [-0.25, -0.2) is 0 Å². The Morgan fingerprint density at radius 1 is 1.11 bits per heavy atom. The molecular formula is C17H28O2. The maximum Gasteiger partial charge on any atom is 0.0961 e. The number of hydrogen-bond donors (Lipinski definition) is 2. The highest BCUT2D eigenvalue weighted by atomic mass is 16.3. The number of rotatable bonds is 0. The molecule has 2 N–H and O–H groups in total. The van der Waals surface area contributed by atoms with E-state index in [1.165, 1.54) is 11.1 Å². The van der Waals surface area contributed by atoms with Crippen molar-refractivity contribution in [2.45, 2.75) is 77.4 Å². The molecule has 0 aliphatic heterocycles. The minimum Gasteiger partial charge on any atom is -0.390 e. The summed E-state index contributed by atoms with van der Waals surface area (Å²) < 4.78 is 0. The topological polar surface area (TPSA) is 40.5 Å². The first-order chi connectivity index (χ1) is 8.87. The van der Waals surface area contributed by atoms with Crippen LogP contribution >= 0.6 is 0 Å². The van der Waals surface area contributed by atoms with E-state index in [0.29, 0.717) is 6.42 Å². The SMILES string of the molecule is C/C1=C\C[C@]2(C)CC[C@]2(O)[C@@H](O)CC/C(C)=C/CC1. The molecule has 0 unspecified atom stereocenters. The van der Waals surface area contributed by atoms with Gasteiger partial charge in [0.15, 0.2) is 0 Å². The Hall–Kier alpha value is -0.600. The minimum atomic E-state index is -0.886. The van der Waals surface area contributed by atoms with E-state index in [1.807, 2.05) is 0 Å². The van der Waals surface area contributed by atoms with Gasteiger partial charge < -0.3 is 10.2 Å². The van der Waals surface area contributed by atoms with Gasteiger partial charge in [-0.3, -0.25) is 0 Å². The van der Waals surface area contributed by atoms with E-state index in [0.717, 1.165) is 38.5 Å². The lowest BCUT2D eigenvalue weighted by molar-refractivity contribution is -0.217. The molecule has 19 heavy (non-hydrogen) atoms. The number of allylic oxidation sites excluding steroid dienone is 4. The molecule has 0 aromatic carbocycles. The van der Waals surface area contributed by atoms with Gasteiger partial charge in [0, 0.05) is 5.41 Å². The lowest BCUT2D eigenvalue weighted by Crippen LogP contribution is -2.62. The molecule has 0 heterocycles. The standard InChI is InChI=1S/C17H28O2/c1-13-5-4-6-14(2)9-10-16(3)11-12-17(16,19)15(18)8-7-13/h5,9,15,18-19H,4,6-8,10-12H2,1-3H3/b13-5+,14-9+/t15-,16+,17-/m0/s1. The second-order valence-electron chi connectivity index (χ2n) is 6.88. The molecule has 3 atom stereocenters. The van der Waals surface area contributed by atoms with Crippen molar-refractivity contribution in [2.75, 3.05) is 0 Å². The first-order valence-corrected chi connectivity index (χ1v) is 7.59. The summed E-state index contributed by atoms with van der Waals surface area (Å²) in [6.07, 6.45) is 10.3. The lowest BCUT2D eigenvalue weighted by atomic mass is 9.53. The molecule has 0 amide bonds. The van der Waals surface area contributed by atoms with Gasteiger partial charge in [-0.15, -0.1) is 0 Å². The molecule has 2 heteroatoms. The second kappa shape index (κ2) is 5.41. The fourth-order valence-corrected chi connectivity index (χ4v) is 3.41. The van der Waals surface area contributed by atoms with Crippen LogP contribution in [0.3, 0.4) is 0 Å². The molecule has 1 fully saturated rings. The normalized spacial score (nSPS) is 46.5. The van der Waals surface area contributed by atoms with Crippen LogP contribution < -0.4 is 0 Å². The van der Waals surface area contributed by atoms with Gasteiger partial charge in [0.1, 0.15) is 0 Å². The van der Waals surface area contributed by atoms with E-state index in [4.69, 9.17) is 0 Å². The highest BCUT2D eigenvalue weighted by Crippen LogP contribution is 2.55. The molecular weight excluding hydrogens is 236 g/mol. The van der Waals surface area contributed by atoms with Crippen molar-refractivity contribution >= 4 is 0 Å². The average molecular weight is 264 g/mol. The molecule has 2 nitrogen and oxygen atoms in total. The molecule has 2 aliphatic carbocycles. The zero-order chi connectivity index (χ0) is 14.1. The summed E-state index contributed by atoms with van der Waals surface area (Å²) >= 11 is 0. The number of aliphatic hydroxyl groups excluding tert-OH is 1. The van der Waals surface area contributed by atoms with Crippen LogP contribution in [-0.2, 0) is 0 Å². The van der Waals surface area contributed by atoms with Crippen LogP contribution in [0, 0.1) is 5.41 Å². The van der Waals surface area contributed by atoms with Crippen LogP contribution in [0.2, 0.25) is 0 Å². The van der Waals surface area contributed by atoms with E-state index in [9.17, 15) is 10.2 Å². The summed E-state index contributed by atoms with van der Waals surface area (Å²) in [5, 5.41) is 21.2. The van der Waals surface area contributed by atoms with Gasteiger partial charge in [-0.2, -0.15) is 0 Å². The summed E-state index contributed by atoms with van der Waals surface area (Å²) in [5.41, 5.74) is 1.69. The van der Waals surface area contributed by atoms with Crippen LogP contribution in [0.1, 0.15) is 65.7 Å². The molecule has 0 saturated heterocycles. The van der Waals surface area contributed by atoms with E-state index in [-0.39, 0.29) is 5.41 Å². The third-order valence-corrected chi connectivity index (χ3v) is 5.40. The maximum absolute atomic E-state index is 10.8. The summed E-state index contributed by atoms with van der Waals surface area (Å²) in [6.45, 7) is 6.42. The number of aliphatic hydroxyl groups is 2. The Bertz CT molecular complexity index is 396. The Balaban J connectivity index is 2.21. The highest BCUT2D eigenvalue weighted by Gasteiger charge is 2.57. The van der Waals surface area contributed by atoms with Gasteiger partial charge >= 0.3 is 0 Å². The van der Waals surface area contributed by atoms with Crippen molar-refractivity contribution in [3.05, 3.63) is 23.3 Å². The third-order valence-electron chi connectivity index (χ3n) is 5.40. The van der Waals surface area contributed by atoms with Crippen LogP contribution in [0.5, 0.6) is 0 Å². The van der Waals surface area contributed by atoms with Gasteiger partial charge in [-0.05, 0) is 58.8 Å². The predicted molar refractivity (Wildman–Crippen MR) is 78.9 cm³/mol. The molecule has 0 aromatic heterocycles. The molecule has 2 aliphatic rings. The van der Waals surface area contributed by atoms with Crippen LogP contribution in [0.25, 0.3) is 0 Å². The van der Waals surface area contributed by atoms with Crippen molar-refractivity contribution in [3.8, 4) is 0 Å². The van der Waals surface area contributed by atoms with Crippen molar-refractivity contribution < 1.29 is 10.2 Å². The monoisotopic (exact) mass is 264 g/mol. The maximum atomic E-state index is 10.8. The molecule has 108 valence electrons.